The van der Waals surface area contributed by atoms with Gasteiger partial charge in [0, 0.05) is 13.0 Å². The van der Waals surface area contributed by atoms with Gasteiger partial charge in [0.05, 0.1) is 9.90 Å². The first kappa shape index (κ1) is 13.0. The molecule has 0 aliphatic rings. The molecule has 0 saturated carbocycles. The minimum Gasteiger partial charge on any atom is -0.317 e. The number of nitrogens with one attached hydrogen (secondary N) is 1. The normalized spacial score (nSPS) is 11.0. The summed E-state index contributed by atoms with van der Waals surface area (Å²) in [6.45, 7) is 6.04. The fourth-order valence-corrected chi connectivity index (χ4v) is 3.66. The molecule has 0 atom stereocenters. The topological polar surface area (TPSA) is 37.8 Å². The van der Waals surface area contributed by atoms with Gasteiger partial charge in [0.2, 0.25) is 0 Å². The Bertz CT molecular complexity index is 493. The van der Waals surface area contributed by atoms with Crippen LogP contribution in [0.5, 0.6) is 0 Å². The van der Waals surface area contributed by atoms with Gasteiger partial charge in [-0.15, -0.1) is 21.5 Å². The third-order valence-corrected chi connectivity index (χ3v) is 5.16. The van der Waals surface area contributed by atoms with E-state index in [0.717, 1.165) is 45.0 Å². The van der Waals surface area contributed by atoms with Crippen LogP contribution in [-0.4, -0.2) is 23.3 Å². The first-order valence-electron chi connectivity index (χ1n) is 5.49. The van der Waals surface area contributed by atoms with Crippen LogP contribution in [0.1, 0.15) is 17.5 Å². The molecule has 0 spiro atoms. The summed E-state index contributed by atoms with van der Waals surface area (Å²) in [5.74, 6) is 0. The molecule has 0 bridgehead atoms. The molecule has 2 aromatic rings. The smallest absolute Gasteiger partial charge is 0.159 e. The maximum Gasteiger partial charge on any atom is 0.159 e. The summed E-state index contributed by atoms with van der Waals surface area (Å²) in [6, 6.07) is 0. The predicted octanol–water partition coefficient (Wildman–Crippen LogP) is 3.38. The molecule has 0 aliphatic heterocycles. The number of hydrogen-bond acceptors (Lipinski definition) is 5. The van der Waals surface area contributed by atoms with Gasteiger partial charge in [0.25, 0.3) is 0 Å². The molecule has 3 nitrogen and oxygen atoms in total. The van der Waals surface area contributed by atoms with E-state index in [1.807, 2.05) is 6.92 Å². The van der Waals surface area contributed by atoms with Crippen molar-refractivity contribution >= 4 is 34.3 Å². The van der Waals surface area contributed by atoms with Crippen molar-refractivity contribution in [2.24, 2.45) is 0 Å². The summed E-state index contributed by atoms with van der Waals surface area (Å²) in [7, 11) is 0. The molecule has 0 saturated heterocycles. The van der Waals surface area contributed by atoms with Crippen LogP contribution in [-0.2, 0) is 6.42 Å². The molecule has 6 heteroatoms. The van der Waals surface area contributed by atoms with Crippen molar-refractivity contribution in [3.63, 3.8) is 0 Å². The number of thiophene rings is 1. The number of hydrogen-bond donors (Lipinski definition) is 1. The second kappa shape index (κ2) is 5.91. The summed E-state index contributed by atoms with van der Waals surface area (Å²) in [6.07, 6.45) is 0.924. The van der Waals surface area contributed by atoms with Crippen molar-refractivity contribution in [2.75, 3.05) is 13.1 Å². The molecule has 0 unspecified atom stereocenters. The lowest BCUT2D eigenvalue weighted by molar-refractivity contribution is 0.710. The summed E-state index contributed by atoms with van der Waals surface area (Å²) in [5.41, 5.74) is 1.11. The summed E-state index contributed by atoms with van der Waals surface area (Å²) >= 11 is 9.48. The van der Waals surface area contributed by atoms with Gasteiger partial charge in [-0.3, -0.25) is 0 Å². The van der Waals surface area contributed by atoms with E-state index in [1.54, 1.807) is 22.7 Å². The van der Waals surface area contributed by atoms with Crippen LogP contribution in [0.4, 0.5) is 0 Å². The second-order valence-corrected chi connectivity index (χ2v) is 5.99. The van der Waals surface area contributed by atoms with E-state index in [9.17, 15) is 0 Å². The summed E-state index contributed by atoms with van der Waals surface area (Å²) in [4.78, 5) is 1.04. The standard InChI is InChI=1S/C11H14ClN3S2/c1-3-13-5-4-8-14-15-11(17-8)10-9(12)7(2)6-16-10/h6,13H,3-5H2,1-2H3. The predicted molar refractivity (Wildman–Crippen MR) is 75.2 cm³/mol. The third kappa shape index (κ3) is 3.04. The minimum absolute atomic E-state index is 0.810. The first-order chi connectivity index (χ1) is 8.22. The fourth-order valence-electron chi connectivity index (χ4n) is 1.39. The van der Waals surface area contributed by atoms with Crippen molar-refractivity contribution in [2.45, 2.75) is 20.3 Å². The molecule has 0 radical (unpaired) electrons. The minimum atomic E-state index is 0.810. The lowest BCUT2D eigenvalue weighted by Crippen LogP contribution is -2.15. The molecule has 17 heavy (non-hydrogen) atoms. The van der Waals surface area contributed by atoms with Crippen molar-refractivity contribution in [1.29, 1.82) is 0 Å². The SMILES string of the molecule is CCNCCc1nnc(-c2scc(C)c2Cl)s1. The van der Waals surface area contributed by atoms with Crippen LogP contribution in [0.3, 0.4) is 0 Å². The molecule has 0 aliphatic carbocycles. The molecule has 1 N–H and O–H groups in total. The Morgan fingerprint density at radius 2 is 2.24 bits per heavy atom. The van der Waals surface area contributed by atoms with E-state index >= 15 is 0 Å². The molecule has 0 fully saturated rings. The van der Waals surface area contributed by atoms with Crippen molar-refractivity contribution in [3.8, 4) is 9.88 Å². The molecular weight excluding hydrogens is 274 g/mol. The Hall–Kier alpha value is -0.490. The molecular formula is C11H14ClN3S2. The Morgan fingerprint density at radius 1 is 1.41 bits per heavy atom. The van der Waals surface area contributed by atoms with E-state index in [2.05, 4.69) is 27.8 Å². The van der Waals surface area contributed by atoms with Crippen LogP contribution < -0.4 is 5.32 Å². The van der Waals surface area contributed by atoms with Crippen LogP contribution >= 0.6 is 34.3 Å². The molecule has 2 aromatic heterocycles. The molecule has 92 valence electrons. The zero-order chi connectivity index (χ0) is 12.3. The van der Waals surface area contributed by atoms with Gasteiger partial charge in [-0.2, -0.15) is 0 Å². The van der Waals surface area contributed by atoms with Crippen molar-refractivity contribution in [3.05, 3.63) is 21.0 Å². The largest absolute Gasteiger partial charge is 0.317 e. The zero-order valence-corrected chi connectivity index (χ0v) is 12.2. The van der Waals surface area contributed by atoms with Gasteiger partial charge in [-0.1, -0.05) is 29.9 Å². The number of likely N-dealkylation sites (N-methyl/N-ethyl adjacent to an activating group) is 1. The highest BCUT2D eigenvalue weighted by atomic mass is 35.5. The number of aromatic nitrogens is 2. The van der Waals surface area contributed by atoms with Gasteiger partial charge < -0.3 is 5.32 Å². The monoisotopic (exact) mass is 287 g/mol. The highest BCUT2D eigenvalue weighted by molar-refractivity contribution is 7.21. The van der Waals surface area contributed by atoms with Gasteiger partial charge in [-0.05, 0) is 24.4 Å². The lowest BCUT2D eigenvalue weighted by atomic mass is 10.3. The van der Waals surface area contributed by atoms with Gasteiger partial charge >= 0.3 is 0 Å². The first-order valence-corrected chi connectivity index (χ1v) is 7.56. The Balaban J connectivity index is 2.10. The number of halogens is 1. The summed E-state index contributed by atoms with van der Waals surface area (Å²) < 4.78 is 0. The quantitative estimate of drug-likeness (QED) is 0.857. The van der Waals surface area contributed by atoms with E-state index in [0.29, 0.717) is 0 Å². The number of rotatable bonds is 5. The maximum atomic E-state index is 6.22. The highest BCUT2D eigenvalue weighted by Gasteiger charge is 2.13. The molecule has 2 heterocycles. The van der Waals surface area contributed by atoms with E-state index < -0.39 is 0 Å². The van der Waals surface area contributed by atoms with Gasteiger partial charge in [-0.25, -0.2) is 0 Å². The fraction of sp³-hybridized carbons (Fsp3) is 0.455. The Kier molecular flexibility index (Phi) is 4.50. The zero-order valence-electron chi connectivity index (χ0n) is 9.79. The number of nitrogens with zero attached hydrogens (tertiary/aromatic N) is 2. The van der Waals surface area contributed by atoms with Gasteiger partial charge in [0.15, 0.2) is 5.01 Å². The highest BCUT2D eigenvalue weighted by Crippen LogP contribution is 2.37. The van der Waals surface area contributed by atoms with Crippen LogP contribution in [0.2, 0.25) is 5.02 Å². The second-order valence-electron chi connectivity index (χ2n) is 3.67. The van der Waals surface area contributed by atoms with Crippen LogP contribution in [0, 0.1) is 6.92 Å². The van der Waals surface area contributed by atoms with Crippen LogP contribution in [0.15, 0.2) is 5.38 Å². The third-order valence-electron chi connectivity index (χ3n) is 2.33. The maximum absolute atomic E-state index is 6.22. The summed E-state index contributed by atoms with van der Waals surface area (Å²) in [5, 5.41) is 16.5. The molecule has 2 rings (SSSR count). The average molecular weight is 288 g/mol. The lowest BCUT2D eigenvalue weighted by Gasteiger charge is -1.95. The van der Waals surface area contributed by atoms with Crippen LogP contribution in [0.25, 0.3) is 9.88 Å². The Labute approximate surface area is 114 Å². The number of aryl methyl sites for hydroxylation is 1. The molecule has 0 amide bonds. The van der Waals surface area contributed by atoms with E-state index in [4.69, 9.17) is 11.6 Å². The van der Waals surface area contributed by atoms with Gasteiger partial charge in [0.1, 0.15) is 5.01 Å². The van der Waals surface area contributed by atoms with E-state index in [-0.39, 0.29) is 0 Å². The van der Waals surface area contributed by atoms with E-state index in [1.165, 1.54) is 0 Å². The van der Waals surface area contributed by atoms with Crippen molar-refractivity contribution in [1.82, 2.24) is 15.5 Å². The Morgan fingerprint density at radius 3 is 2.88 bits per heavy atom. The van der Waals surface area contributed by atoms with Crippen molar-refractivity contribution < 1.29 is 0 Å². The molecule has 0 aromatic carbocycles. The average Bonchev–Trinajstić information content (AvgIpc) is 2.89.